The standard InChI is InChI=1S/C16H14ClP.5CO.W/c17-11-12-18-15(13-7-3-1-4-8-13)16(18)14-9-5-2-6-10-14;5*1-2;/h1-10H,11-12H2;;;;;;. The Morgan fingerprint density at radius 2 is 0.862 bits per heavy atom. The van der Waals surface area contributed by atoms with Crippen LogP contribution in [0.5, 0.6) is 0 Å². The first-order valence-corrected chi connectivity index (χ1v) is 9.18. The molecule has 146 valence electrons. The summed E-state index contributed by atoms with van der Waals surface area (Å²) in [4.78, 5) is 0. The fourth-order valence-corrected chi connectivity index (χ4v) is 5.20. The van der Waals surface area contributed by atoms with Gasteiger partial charge < -0.3 is 0 Å². The molecule has 0 saturated carbocycles. The number of rotatable bonds is 4. The first-order chi connectivity index (χ1) is 13.9. The van der Waals surface area contributed by atoms with Gasteiger partial charge in [-0.05, 0) is 35.8 Å². The van der Waals surface area contributed by atoms with Gasteiger partial charge in [0.05, 0.1) is 0 Å². The molecule has 29 heavy (non-hydrogen) atoms. The number of alkyl halides is 1. The van der Waals surface area contributed by atoms with Crippen molar-refractivity contribution in [1.29, 1.82) is 0 Å². The molecule has 2 aromatic carbocycles. The summed E-state index contributed by atoms with van der Waals surface area (Å²) >= 11 is 5.93. The fourth-order valence-electron chi connectivity index (χ4n) is 2.28. The van der Waals surface area contributed by atoms with Crippen LogP contribution in [-0.2, 0) is 44.3 Å². The molecule has 0 radical (unpaired) electrons. The number of halogens is 1. The minimum atomic E-state index is -0.129. The van der Waals surface area contributed by atoms with Gasteiger partial charge in [-0.15, -0.1) is 11.6 Å². The average Bonchev–Trinajstić information content (AvgIpc) is 3.56. The van der Waals surface area contributed by atoms with E-state index in [4.69, 9.17) is 34.9 Å². The second-order valence-corrected chi connectivity index (χ2v) is 6.85. The molecule has 0 spiro atoms. The van der Waals surface area contributed by atoms with Crippen LogP contribution in [0.2, 0.25) is 0 Å². The van der Waals surface area contributed by atoms with Gasteiger partial charge in [0.15, 0.2) is 0 Å². The zero-order chi connectivity index (χ0) is 22.4. The average molecular weight is 597 g/mol. The molecule has 8 heteroatoms. The third-order valence-corrected chi connectivity index (χ3v) is 6.06. The van der Waals surface area contributed by atoms with Crippen LogP contribution in [-0.4, -0.2) is 12.0 Å². The minimum absolute atomic E-state index is 0. The maximum absolute atomic E-state index is 7.50. The molecule has 1 aliphatic rings. The molecule has 1 aliphatic heterocycles. The first-order valence-electron chi connectivity index (χ1n) is 7.12. The number of hydrogen-bond donors (Lipinski definition) is 0. The van der Waals surface area contributed by atoms with Crippen molar-refractivity contribution in [3.05, 3.63) is 105 Å². The number of benzene rings is 2. The summed E-state index contributed by atoms with van der Waals surface area (Å²) in [7, 11) is -0.129. The molecular weight excluding hydrogens is 582 g/mol. The molecule has 0 N–H and O–H groups in total. The fraction of sp³-hybridized carbons (Fsp3) is 0.0952. The van der Waals surface area contributed by atoms with Crippen molar-refractivity contribution < 1.29 is 44.3 Å². The molecule has 0 bridgehead atoms. The molecule has 3 rings (SSSR count). The quantitative estimate of drug-likeness (QED) is 0.204. The van der Waals surface area contributed by atoms with Crippen molar-refractivity contribution in [3.8, 4) is 0 Å². The topological polar surface area (TPSA) is 99.5 Å². The summed E-state index contributed by atoms with van der Waals surface area (Å²) in [6.45, 7) is 22.5. The monoisotopic (exact) mass is 596 g/mol. The van der Waals surface area contributed by atoms with Gasteiger partial charge in [-0.3, -0.25) is 0 Å². The van der Waals surface area contributed by atoms with E-state index in [2.05, 4.69) is 93.9 Å². The van der Waals surface area contributed by atoms with E-state index in [0.717, 1.165) is 12.0 Å². The van der Waals surface area contributed by atoms with Gasteiger partial charge in [0.25, 0.3) is 0 Å². The zero-order valence-corrected chi connectivity index (χ0v) is 19.5. The van der Waals surface area contributed by atoms with Crippen LogP contribution >= 0.6 is 19.5 Å². The van der Waals surface area contributed by atoms with E-state index in [1.807, 2.05) is 0 Å². The Labute approximate surface area is 191 Å². The molecule has 0 amide bonds. The second-order valence-electron chi connectivity index (χ2n) is 4.27. The molecule has 0 unspecified atom stereocenters. The van der Waals surface area contributed by atoms with E-state index >= 15 is 0 Å². The van der Waals surface area contributed by atoms with E-state index < -0.39 is 0 Å². The van der Waals surface area contributed by atoms with Crippen molar-refractivity contribution in [2.24, 2.45) is 0 Å². The third-order valence-electron chi connectivity index (χ3n) is 3.12. The summed E-state index contributed by atoms with van der Waals surface area (Å²) in [6, 6.07) is 21.4. The maximum atomic E-state index is 7.50. The van der Waals surface area contributed by atoms with Gasteiger partial charge in [-0.2, -0.15) is 0 Å². The Hall–Kier alpha value is -1.71. The van der Waals surface area contributed by atoms with E-state index in [9.17, 15) is 0 Å². The van der Waals surface area contributed by atoms with E-state index in [-0.39, 0.29) is 29.0 Å². The Bertz CT molecular complexity index is 699. The third kappa shape index (κ3) is 12.5. The van der Waals surface area contributed by atoms with Crippen LogP contribution in [0.25, 0.3) is 10.6 Å². The number of hydrogen-bond acceptors (Lipinski definition) is 0. The Morgan fingerprint density at radius 1 is 0.586 bits per heavy atom. The molecule has 0 atom stereocenters. The molecule has 5 nitrogen and oxygen atoms in total. The summed E-state index contributed by atoms with van der Waals surface area (Å²) in [5.41, 5.74) is 2.74. The van der Waals surface area contributed by atoms with Crippen molar-refractivity contribution in [2.45, 2.75) is 0 Å². The van der Waals surface area contributed by atoms with Crippen LogP contribution in [0.1, 0.15) is 11.1 Å². The summed E-state index contributed by atoms with van der Waals surface area (Å²) in [5.74, 6) is 0.748. The van der Waals surface area contributed by atoms with Gasteiger partial charge >= 0.3 is 56.5 Å². The Morgan fingerprint density at radius 3 is 1.10 bits per heavy atom. The largest absolute Gasteiger partial charge is 0 e. The van der Waals surface area contributed by atoms with Gasteiger partial charge in [0.1, 0.15) is 0 Å². The smallest absolute Gasteiger partial charge is 0 e. The summed E-state index contributed by atoms with van der Waals surface area (Å²) in [6.07, 6.45) is 1.10. The van der Waals surface area contributed by atoms with Crippen LogP contribution in [0, 0.1) is 33.3 Å². The Kier molecular flexibility index (Phi) is 31.5. The normalized spacial score (nSPS) is 9.62. The molecule has 0 saturated heterocycles. The van der Waals surface area contributed by atoms with Gasteiger partial charge in [0, 0.05) is 26.9 Å². The maximum Gasteiger partial charge on any atom is 0 e. The molecule has 1 heterocycles. The molecule has 0 fully saturated rings. The van der Waals surface area contributed by atoms with Crippen molar-refractivity contribution in [3.63, 3.8) is 0 Å². The van der Waals surface area contributed by atoms with Crippen molar-refractivity contribution >= 4 is 30.2 Å². The van der Waals surface area contributed by atoms with Gasteiger partial charge in [0.2, 0.25) is 0 Å². The molecule has 2 aromatic rings. The van der Waals surface area contributed by atoms with Crippen molar-refractivity contribution in [1.82, 2.24) is 0 Å². The molecule has 0 aromatic heterocycles. The first kappa shape index (κ1) is 34.8. The zero-order valence-electron chi connectivity index (χ0n) is 15.0. The summed E-state index contributed by atoms with van der Waals surface area (Å²) in [5, 5.41) is 3.08. The van der Waals surface area contributed by atoms with Crippen LogP contribution in [0.15, 0.2) is 60.7 Å². The predicted octanol–water partition coefficient (Wildman–Crippen LogP) is 5.06. The van der Waals surface area contributed by atoms with E-state index in [1.165, 1.54) is 21.8 Å². The SMILES string of the molecule is ClCCP1C(c2ccccc2)=C1c1ccccc1.[C-]#[O+].[C-]#[O+].[C-]#[O+].[C-]#[O+].[C-]#[O+].[W]. The Balaban J connectivity index is -0.000000250. The predicted molar refractivity (Wildman–Crippen MR) is 102 cm³/mol. The van der Waals surface area contributed by atoms with Crippen molar-refractivity contribution in [2.75, 3.05) is 12.0 Å². The summed E-state index contributed by atoms with van der Waals surface area (Å²) < 4.78 is 37.5. The minimum Gasteiger partial charge on any atom is 0 e. The van der Waals surface area contributed by atoms with E-state index in [0.29, 0.717) is 0 Å². The van der Waals surface area contributed by atoms with Crippen LogP contribution < -0.4 is 0 Å². The molecular formula is C21H14ClO5PW. The van der Waals surface area contributed by atoms with Crippen LogP contribution in [0.3, 0.4) is 0 Å². The van der Waals surface area contributed by atoms with Gasteiger partial charge in [-0.25, -0.2) is 0 Å². The second kappa shape index (κ2) is 26.3. The molecule has 0 aliphatic carbocycles. The van der Waals surface area contributed by atoms with Gasteiger partial charge in [-0.1, -0.05) is 60.7 Å². The van der Waals surface area contributed by atoms with Crippen LogP contribution in [0.4, 0.5) is 0 Å². The van der Waals surface area contributed by atoms with E-state index in [1.54, 1.807) is 0 Å².